The third-order valence-corrected chi connectivity index (χ3v) is 5.37. The van der Waals surface area contributed by atoms with Crippen molar-refractivity contribution < 1.29 is 14.4 Å². The highest BCUT2D eigenvalue weighted by Gasteiger charge is 2.50. The number of methoxy groups -OCH3 is 1. The number of benzene rings is 2. The topological polar surface area (TPSA) is 135 Å². The molecule has 1 fully saturated rings. The Morgan fingerprint density at radius 2 is 2.03 bits per heavy atom. The van der Waals surface area contributed by atoms with E-state index in [4.69, 9.17) is 15.2 Å². The molecule has 9 heteroatoms. The molecule has 2 aromatic rings. The van der Waals surface area contributed by atoms with Gasteiger partial charge in [0.2, 0.25) is 5.88 Å². The van der Waals surface area contributed by atoms with Crippen LogP contribution in [0.2, 0.25) is 0 Å². The van der Waals surface area contributed by atoms with E-state index in [-0.39, 0.29) is 29.1 Å². The average Bonchev–Trinajstić information content (AvgIpc) is 3.16. The summed E-state index contributed by atoms with van der Waals surface area (Å²) in [7, 11) is 1.58. The van der Waals surface area contributed by atoms with Crippen LogP contribution >= 0.6 is 0 Å². The molecule has 0 amide bonds. The highest BCUT2D eigenvalue weighted by Crippen LogP contribution is 2.49. The zero-order chi connectivity index (χ0) is 20.5. The molecule has 29 heavy (non-hydrogen) atoms. The molecule has 0 aromatic heterocycles. The van der Waals surface area contributed by atoms with E-state index in [2.05, 4.69) is 16.9 Å². The van der Waals surface area contributed by atoms with Crippen LogP contribution in [0.1, 0.15) is 23.1 Å². The van der Waals surface area contributed by atoms with E-state index in [0.717, 1.165) is 5.56 Å². The summed E-state index contributed by atoms with van der Waals surface area (Å²) in [4.78, 5) is 11.2. The largest absolute Gasteiger partial charge is 0.497 e. The van der Waals surface area contributed by atoms with Gasteiger partial charge >= 0.3 is 0 Å². The normalized spacial score (nSPS) is 25.7. The molecular weight excluding hydrogens is 374 g/mol. The summed E-state index contributed by atoms with van der Waals surface area (Å²) in [5.74, 6) is -0.330. The minimum absolute atomic E-state index is 0.0301. The molecule has 4 rings (SSSR count). The van der Waals surface area contributed by atoms with Gasteiger partial charge in [-0.1, -0.05) is 30.3 Å². The quantitative estimate of drug-likeness (QED) is 0.531. The third kappa shape index (κ3) is 3.14. The SMILES string of the molecule is COc1cccc(C2NNC3OC(N)=C(C#N)C(c4ccccc4[N+](=O)[O-])C32)c1. The lowest BCUT2D eigenvalue weighted by Crippen LogP contribution is -2.41. The Labute approximate surface area is 166 Å². The monoisotopic (exact) mass is 393 g/mol. The van der Waals surface area contributed by atoms with Crippen molar-refractivity contribution in [1.29, 1.82) is 5.26 Å². The van der Waals surface area contributed by atoms with Crippen molar-refractivity contribution in [3.8, 4) is 11.8 Å². The van der Waals surface area contributed by atoms with Gasteiger partial charge in [0.25, 0.3) is 5.69 Å². The number of hydrogen-bond acceptors (Lipinski definition) is 8. The number of fused-ring (bicyclic) bond motifs is 1. The van der Waals surface area contributed by atoms with Gasteiger partial charge in [-0.15, -0.1) is 0 Å². The first-order valence-corrected chi connectivity index (χ1v) is 9.00. The van der Waals surface area contributed by atoms with E-state index < -0.39 is 17.1 Å². The fourth-order valence-electron chi connectivity index (χ4n) is 4.11. The molecular formula is C20H19N5O4. The number of nitrogens with zero attached hydrogens (tertiary/aromatic N) is 2. The van der Waals surface area contributed by atoms with Gasteiger partial charge in [0.15, 0.2) is 6.23 Å². The van der Waals surface area contributed by atoms with Gasteiger partial charge in [-0.05, 0) is 17.7 Å². The van der Waals surface area contributed by atoms with Crippen LogP contribution in [0.4, 0.5) is 5.69 Å². The first-order chi connectivity index (χ1) is 14.0. The van der Waals surface area contributed by atoms with Gasteiger partial charge in [-0.2, -0.15) is 5.26 Å². The fraction of sp³-hybridized carbons (Fsp3) is 0.250. The van der Waals surface area contributed by atoms with Gasteiger partial charge in [0.1, 0.15) is 11.8 Å². The van der Waals surface area contributed by atoms with E-state index in [1.807, 2.05) is 24.3 Å². The highest BCUT2D eigenvalue weighted by atomic mass is 16.6. The van der Waals surface area contributed by atoms with Crippen molar-refractivity contribution in [2.24, 2.45) is 11.7 Å². The second-order valence-corrected chi connectivity index (χ2v) is 6.84. The van der Waals surface area contributed by atoms with Crippen molar-refractivity contribution in [1.82, 2.24) is 10.9 Å². The Balaban J connectivity index is 1.87. The van der Waals surface area contributed by atoms with E-state index in [0.29, 0.717) is 11.3 Å². The molecule has 0 radical (unpaired) electrons. The van der Waals surface area contributed by atoms with Crippen molar-refractivity contribution in [3.05, 3.63) is 81.2 Å². The summed E-state index contributed by atoms with van der Waals surface area (Å²) in [5.41, 5.74) is 13.7. The summed E-state index contributed by atoms with van der Waals surface area (Å²) in [6.45, 7) is 0. The number of allylic oxidation sites excluding steroid dienone is 1. The Hall–Kier alpha value is -3.61. The van der Waals surface area contributed by atoms with Crippen LogP contribution in [-0.4, -0.2) is 18.3 Å². The minimum atomic E-state index is -0.626. The van der Waals surface area contributed by atoms with E-state index >= 15 is 0 Å². The first-order valence-electron chi connectivity index (χ1n) is 9.00. The van der Waals surface area contributed by atoms with Crippen LogP contribution in [0.5, 0.6) is 5.75 Å². The molecule has 9 nitrogen and oxygen atoms in total. The van der Waals surface area contributed by atoms with Gasteiger partial charge < -0.3 is 15.2 Å². The molecule has 0 spiro atoms. The number of hydrogen-bond donors (Lipinski definition) is 3. The molecule has 2 aromatic carbocycles. The molecule has 0 bridgehead atoms. The lowest BCUT2D eigenvalue weighted by molar-refractivity contribution is -0.385. The lowest BCUT2D eigenvalue weighted by Gasteiger charge is -2.35. The molecule has 2 heterocycles. The number of rotatable bonds is 4. The number of ether oxygens (including phenoxy) is 2. The maximum atomic E-state index is 11.7. The van der Waals surface area contributed by atoms with Crippen LogP contribution in [0, 0.1) is 27.4 Å². The Bertz CT molecular complexity index is 1030. The van der Waals surface area contributed by atoms with Gasteiger partial charge in [-0.25, -0.2) is 10.9 Å². The van der Waals surface area contributed by atoms with Crippen LogP contribution in [0.15, 0.2) is 60.0 Å². The Morgan fingerprint density at radius 3 is 2.76 bits per heavy atom. The average molecular weight is 393 g/mol. The molecule has 4 N–H and O–H groups in total. The summed E-state index contributed by atoms with van der Waals surface area (Å²) in [6, 6.07) is 15.7. The fourth-order valence-corrected chi connectivity index (χ4v) is 4.11. The summed E-state index contributed by atoms with van der Waals surface area (Å²) in [5, 5.41) is 21.4. The second-order valence-electron chi connectivity index (χ2n) is 6.84. The van der Waals surface area contributed by atoms with E-state index in [1.54, 1.807) is 25.3 Å². The van der Waals surface area contributed by atoms with Crippen LogP contribution in [0.25, 0.3) is 0 Å². The summed E-state index contributed by atoms with van der Waals surface area (Å²) in [6.07, 6.45) is -0.562. The summed E-state index contributed by atoms with van der Waals surface area (Å²) >= 11 is 0. The number of hydrazine groups is 1. The molecule has 1 saturated heterocycles. The molecule has 2 aliphatic heterocycles. The van der Waals surface area contributed by atoms with Crippen LogP contribution < -0.4 is 21.3 Å². The second kappa shape index (κ2) is 7.43. The van der Waals surface area contributed by atoms with E-state index in [9.17, 15) is 15.4 Å². The third-order valence-electron chi connectivity index (χ3n) is 5.37. The predicted molar refractivity (Wildman–Crippen MR) is 103 cm³/mol. The number of nitrogens with one attached hydrogen (secondary N) is 2. The van der Waals surface area contributed by atoms with Gasteiger partial charge in [-0.3, -0.25) is 10.1 Å². The number of para-hydroxylation sites is 1. The maximum Gasteiger partial charge on any atom is 0.273 e. The van der Waals surface area contributed by atoms with Crippen molar-refractivity contribution in [3.63, 3.8) is 0 Å². The number of nitro groups is 1. The Kier molecular flexibility index (Phi) is 4.80. The number of nitrogens with two attached hydrogens (primary N) is 1. The van der Waals surface area contributed by atoms with E-state index in [1.165, 1.54) is 6.07 Å². The molecule has 0 saturated carbocycles. The van der Waals surface area contributed by atoms with Crippen molar-refractivity contribution in [2.75, 3.05) is 7.11 Å². The Morgan fingerprint density at radius 1 is 1.24 bits per heavy atom. The molecule has 2 aliphatic rings. The van der Waals surface area contributed by atoms with Crippen LogP contribution in [-0.2, 0) is 4.74 Å². The standard InChI is InChI=1S/C20H19N5O4/c1-28-12-6-4-5-11(9-12)18-17-16(13-7-2-3-8-15(13)25(26)27)14(10-21)19(22)29-20(17)24-23-18/h2-9,16-18,20,23-24H,22H2,1H3. The number of nitriles is 1. The minimum Gasteiger partial charge on any atom is -0.497 e. The molecule has 4 unspecified atom stereocenters. The molecule has 0 aliphatic carbocycles. The highest BCUT2D eigenvalue weighted by molar-refractivity contribution is 5.51. The zero-order valence-electron chi connectivity index (χ0n) is 15.5. The molecule has 148 valence electrons. The van der Waals surface area contributed by atoms with Gasteiger partial charge in [0.05, 0.1) is 23.6 Å². The van der Waals surface area contributed by atoms with Crippen LogP contribution in [0.3, 0.4) is 0 Å². The smallest absolute Gasteiger partial charge is 0.273 e. The van der Waals surface area contributed by atoms with Crippen molar-refractivity contribution >= 4 is 5.69 Å². The molecule has 4 atom stereocenters. The summed E-state index contributed by atoms with van der Waals surface area (Å²) < 4.78 is 11.1. The lowest BCUT2D eigenvalue weighted by atomic mass is 9.73. The maximum absolute atomic E-state index is 11.7. The number of nitro benzene ring substituents is 1. The first kappa shape index (κ1) is 18.7. The zero-order valence-corrected chi connectivity index (χ0v) is 15.5. The van der Waals surface area contributed by atoms with Gasteiger partial charge in [0, 0.05) is 23.5 Å². The predicted octanol–water partition coefficient (Wildman–Crippen LogP) is 2.20. The van der Waals surface area contributed by atoms with Crippen molar-refractivity contribution in [2.45, 2.75) is 18.2 Å².